The molecule has 442 valence electrons. The molecular weight excluding hydrogens is 1120 g/mol. The van der Waals surface area contributed by atoms with E-state index >= 15 is 0 Å². The highest BCUT2D eigenvalue weighted by atomic mass is 32.2. The van der Waals surface area contributed by atoms with Crippen LogP contribution in [0, 0.1) is 38.5 Å². The van der Waals surface area contributed by atoms with Gasteiger partial charge in [-0.25, -0.2) is 0 Å². The van der Waals surface area contributed by atoms with Crippen LogP contribution in [-0.4, -0.2) is 128 Å². The second-order valence-corrected chi connectivity index (χ2v) is 23.5. The van der Waals surface area contributed by atoms with Gasteiger partial charge in [-0.2, -0.15) is 33.7 Å². The minimum Gasteiger partial charge on any atom is -0.464 e. The summed E-state index contributed by atoms with van der Waals surface area (Å²) in [5, 5.41) is 20.1. The third-order valence-corrected chi connectivity index (χ3v) is 14.4. The lowest BCUT2D eigenvalue weighted by molar-refractivity contribution is -0.146. The Labute approximate surface area is 471 Å². The van der Waals surface area contributed by atoms with E-state index in [9.17, 15) is 43.3 Å². The first-order chi connectivity index (χ1) is 37.5. The molecular formula is C54H76N6O16S4. The van der Waals surface area contributed by atoms with Crippen LogP contribution < -0.4 is 22.1 Å². The lowest BCUT2D eigenvalue weighted by atomic mass is 10.1. The number of carbonyl (C=O) groups excluding carboxylic acids is 2. The van der Waals surface area contributed by atoms with Gasteiger partial charge >= 0.3 is 11.9 Å². The van der Waals surface area contributed by atoms with Crippen LogP contribution in [-0.2, 0) is 72.4 Å². The van der Waals surface area contributed by atoms with Crippen LogP contribution >= 0.6 is 0 Å². The number of ether oxygens (including phenoxy) is 2. The smallest absolute Gasteiger partial charge is 0.322 e. The standard InChI is InChI=1S/C26H44N6O4.4C7H8O3S/c27-13-17-31-15-3-1-5-23(29)25(33)35-19-11-21-7-9-22(10-8-21)12-20-36-26(34)24(30)6-2-4-16-32-18-14-28;4*1-6-2-4-7(5-3-6)11(8,9)10/h7-10,13-14,23-24,27-28,31-32H,1-6,11-12,15-20,29-30H2;4*2-5H,1H3,(H,8,9,10). The zero-order valence-electron chi connectivity index (χ0n) is 45.2. The Balaban J connectivity index is 0.000000582. The van der Waals surface area contributed by atoms with E-state index in [2.05, 4.69) is 10.6 Å². The highest BCUT2D eigenvalue weighted by Gasteiger charge is 2.16. The lowest BCUT2D eigenvalue weighted by Crippen LogP contribution is -2.33. The van der Waals surface area contributed by atoms with Gasteiger partial charge in [0.15, 0.2) is 0 Å². The molecule has 22 nitrogen and oxygen atoms in total. The molecule has 5 aromatic rings. The third kappa shape index (κ3) is 33.4. The normalized spacial score (nSPS) is 11.9. The van der Waals surface area contributed by atoms with Crippen molar-refractivity contribution in [2.75, 3.05) is 39.4 Å². The summed E-state index contributed by atoms with van der Waals surface area (Å²) in [5.41, 5.74) is 17.7. The van der Waals surface area contributed by atoms with Crippen LogP contribution in [0.25, 0.3) is 0 Å². The molecule has 0 saturated carbocycles. The summed E-state index contributed by atoms with van der Waals surface area (Å²) in [6.45, 7) is 10.6. The van der Waals surface area contributed by atoms with Crippen LogP contribution in [0.5, 0.6) is 0 Å². The van der Waals surface area contributed by atoms with Gasteiger partial charge in [-0.15, -0.1) is 0 Å². The van der Waals surface area contributed by atoms with Crippen molar-refractivity contribution < 1.29 is 70.9 Å². The molecule has 0 heterocycles. The van der Waals surface area contributed by atoms with Gasteiger partial charge in [0.05, 0.1) is 32.8 Å². The monoisotopic (exact) mass is 1190 g/mol. The Morgan fingerprint density at radius 1 is 0.450 bits per heavy atom. The number of carbonyl (C=O) groups is 2. The average Bonchev–Trinajstić information content (AvgIpc) is 3.39. The molecule has 0 saturated heterocycles. The minimum absolute atomic E-state index is 0.0666. The zero-order valence-corrected chi connectivity index (χ0v) is 48.5. The lowest BCUT2D eigenvalue weighted by Gasteiger charge is -2.12. The molecule has 0 spiro atoms. The first kappa shape index (κ1) is 71.9. The van der Waals surface area contributed by atoms with Gasteiger partial charge < -0.3 is 42.4 Å². The van der Waals surface area contributed by atoms with Crippen molar-refractivity contribution in [2.45, 2.75) is 111 Å². The first-order valence-corrected chi connectivity index (χ1v) is 30.7. The van der Waals surface area contributed by atoms with Crippen molar-refractivity contribution in [2.24, 2.45) is 11.5 Å². The molecule has 80 heavy (non-hydrogen) atoms. The van der Waals surface area contributed by atoms with Gasteiger partial charge in [-0.05, 0) is 126 Å². The first-order valence-electron chi connectivity index (χ1n) is 25.0. The number of esters is 2. The number of aryl methyl sites for hydroxylation is 4. The third-order valence-electron chi connectivity index (χ3n) is 10.9. The number of rotatable bonds is 26. The number of benzene rings is 5. The topological polar surface area (TPSA) is 394 Å². The van der Waals surface area contributed by atoms with E-state index in [1.165, 1.54) is 61.0 Å². The Bertz CT molecular complexity index is 2720. The van der Waals surface area contributed by atoms with E-state index in [4.69, 9.17) is 50.0 Å². The number of hydrogen-bond acceptors (Lipinski definition) is 18. The summed E-state index contributed by atoms with van der Waals surface area (Å²) in [5.74, 6) is -0.753. The zero-order chi connectivity index (χ0) is 60.4. The number of nitrogens with two attached hydrogens (primary N) is 2. The Morgan fingerprint density at radius 3 is 0.900 bits per heavy atom. The van der Waals surface area contributed by atoms with Gasteiger partial charge in [-0.1, -0.05) is 108 Å². The van der Waals surface area contributed by atoms with Gasteiger partial charge in [0, 0.05) is 38.4 Å². The van der Waals surface area contributed by atoms with Gasteiger partial charge in [-0.3, -0.25) is 27.8 Å². The SMILES string of the molecule is Cc1ccc(S(=O)(=O)O)cc1.Cc1ccc(S(=O)(=O)O)cc1.Cc1ccc(S(=O)(=O)O)cc1.Cc1ccc(S(=O)(=O)O)cc1.N=CCNCCCCC(N)C(=O)OCCc1ccc(CCOC(=O)C(N)CCCCNCC=N)cc1. The molecule has 5 rings (SSSR count). The maximum atomic E-state index is 12.0. The Kier molecular flexibility index (Phi) is 33.9. The van der Waals surface area contributed by atoms with Crippen molar-refractivity contribution in [3.63, 3.8) is 0 Å². The molecule has 0 aromatic heterocycles. The van der Waals surface area contributed by atoms with Crippen LogP contribution in [0.4, 0.5) is 0 Å². The Hall–Kier alpha value is -6.14. The fourth-order valence-corrected chi connectivity index (χ4v) is 8.20. The van der Waals surface area contributed by atoms with Crippen molar-refractivity contribution >= 4 is 64.8 Å². The van der Waals surface area contributed by atoms with Crippen molar-refractivity contribution in [3.8, 4) is 0 Å². The molecule has 0 fully saturated rings. The summed E-state index contributed by atoms with van der Waals surface area (Å²) in [6, 6.07) is 30.6. The van der Waals surface area contributed by atoms with E-state index in [0.29, 0.717) is 38.8 Å². The fourth-order valence-electron chi connectivity index (χ4n) is 6.28. The van der Waals surface area contributed by atoms with E-state index in [1.807, 2.05) is 52.0 Å². The van der Waals surface area contributed by atoms with Gasteiger partial charge in [0.25, 0.3) is 40.5 Å². The van der Waals surface area contributed by atoms with E-state index < -0.39 is 52.6 Å². The van der Waals surface area contributed by atoms with Crippen LogP contribution in [0.2, 0.25) is 0 Å². The summed E-state index contributed by atoms with van der Waals surface area (Å²) in [6.07, 6.45) is 8.46. The molecule has 2 atom stereocenters. The fraction of sp³-hybridized carbons (Fsp3) is 0.370. The molecule has 12 N–H and O–H groups in total. The average molecular weight is 1190 g/mol. The predicted molar refractivity (Wildman–Crippen MR) is 307 cm³/mol. The summed E-state index contributed by atoms with van der Waals surface area (Å²) >= 11 is 0. The molecule has 2 unspecified atom stereocenters. The number of unbranched alkanes of at least 4 members (excludes halogenated alkanes) is 2. The molecule has 0 radical (unpaired) electrons. The predicted octanol–water partition coefficient (Wildman–Crippen LogP) is 6.30. The molecule has 0 aliphatic rings. The second-order valence-electron chi connectivity index (χ2n) is 17.8. The number of nitrogens with one attached hydrogen (secondary N) is 4. The number of hydrogen-bond donors (Lipinski definition) is 10. The maximum Gasteiger partial charge on any atom is 0.322 e. The molecule has 0 aliphatic heterocycles. The molecule has 26 heteroatoms. The molecule has 0 bridgehead atoms. The maximum absolute atomic E-state index is 12.0. The van der Waals surface area contributed by atoms with Crippen LogP contribution in [0.3, 0.4) is 0 Å². The van der Waals surface area contributed by atoms with E-state index in [0.717, 1.165) is 72.2 Å². The van der Waals surface area contributed by atoms with Crippen LogP contribution in [0.1, 0.15) is 71.9 Å². The quantitative estimate of drug-likeness (QED) is 0.0126. The highest BCUT2D eigenvalue weighted by Crippen LogP contribution is 2.13. The molecule has 0 aliphatic carbocycles. The highest BCUT2D eigenvalue weighted by molar-refractivity contribution is 7.86. The molecule has 5 aromatic carbocycles. The summed E-state index contributed by atoms with van der Waals surface area (Å²) in [4.78, 5) is 23.8. The van der Waals surface area contributed by atoms with Gasteiger partial charge in [0.1, 0.15) is 12.1 Å². The van der Waals surface area contributed by atoms with E-state index in [1.54, 1.807) is 48.5 Å². The Morgan fingerprint density at radius 2 is 0.688 bits per heavy atom. The summed E-state index contributed by atoms with van der Waals surface area (Å²) < 4.78 is 129. The van der Waals surface area contributed by atoms with Gasteiger partial charge in [0.2, 0.25) is 0 Å². The van der Waals surface area contributed by atoms with E-state index in [-0.39, 0.29) is 44.7 Å². The largest absolute Gasteiger partial charge is 0.464 e. The van der Waals surface area contributed by atoms with Crippen molar-refractivity contribution in [1.82, 2.24) is 10.6 Å². The van der Waals surface area contributed by atoms with Crippen LogP contribution in [0.15, 0.2) is 141 Å². The summed E-state index contributed by atoms with van der Waals surface area (Å²) in [7, 11) is -16.1. The minimum atomic E-state index is -4.02. The second kappa shape index (κ2) is 37.7. The van der Waals surface area contributed by atoms with Crippen molar-refractivity contribution in [3.05, 3.63) is 155 Å². The molecule has 0 amide bonds. The van der Waals surface area contributed by atoms with Crippen molar-refractivity contribution in [1.29, 1.82) is 10.8 Å².